The molecule has 0 aliphatic carbocycles. The van der Waals surface area contributed by atoms with E-state index in [-0.39, 0.29) is 17.9 Å². The van der Waals surface area contributed by atoms with Gasteiger partial charge in [-0.1, -0.05) is 42.0 Å². The van der Waals surface area contributed by atoms with Crippen molar-refractivity contribution in [1.82, 2.24) is 10.2 Å². The van der Waals surface area contributed by atoms with Crippen LogP contribution in [0.3, 0.4) is 0 Å². The van der Waals surface area contributed by atoms with E-state index >= 15 is 0 Å². The molecule has 4 heteroatoms. The standard InChI is InChI=1S/C11H11NO2.C9H13N/c1-7(2)12-10(13)8-5-3-4-6-9(8)11(12)14;1-8-3-5-9(6-4-8)7-10-2/h3-7H,1-2H3;3-6,10H,7H2,1-2H3. The molecule has 0 atom stereocenters. The SMILES string of the molecule is CC(C)N1C(=O)c2ccccc2C1=O.CNCc1ccc(C)cc1. The second kappa shape index (κ2) is 7.88. The molecule has 24 heavy (non-hydrogen) atoms. The number of amides is 2. The minimum absolute atomic E-state index is 0.0811. The van der Waals surface area contributed by atoms with Gasteiger partial charge in [-0.2, -0.15) is 0 Å². The van der Waals surface area contributed by atoms with Crippen LogP contribution < -0.4 is 5.32 Å². The Hall–Kier alpha value is -2.46. The third-order valence-electron chi connectivity index (χ3n) is 3.84. The topological polar surface area (TPSA) is 49.4 Å². The Balaban J connectivity index is 0.000000185. The van der Waals surface area contributed by atoms with Crippen LogP contribution in [0.4, 0.5) is 0 Å². The highest BCUT2D eigenvalue weighted by Crippen LogP contribution is 2.23. The molecular weight excluding hydrogens is 300 g/mol. The van der Waals surface area contributed by atoms with Gasteiger partial charge in [-0.25, -0.2) is 0 Å². The van der Waals surface area contributed by atoms with Crippen LogP contribution in [0.25, 0.3) is 0 Å². The Morgan fingerprint density at radius 2 is 1.42 bits per heavy atom. The summed E-state index contributed by atoms with van der Waals surface area (Å²) in [6.45, 7) is 6.73. The van der Waals surface area contributed by atoms with E-state index in [4.69, 9.17) is 0 Å². The molecule has 1 heterocycles. The van der Waals surface area contributed by atoms with Crippen LogP contribution in [-0.4, -0.2) is 29.8 Å². The van der Waals surface area contributed by atoms with Gasteiger partial charge in [0.05, 0.1) is 11.1 Å². The molecule has 126 valence electrons. The summed E-state index contributed by atoms with van der Waals surface area (Å²) in [5, 5.41) is 3.10. The molecule has 0 fully saturated rings. The smallest absolute Gasteiger partial charge is 0.261 e. The monoisotopic (exact) mass is 324 g/mol. The molecule has 0 bridgehead atoms. The van der Waals surface area contributed by atoms with E-state index in [0.717, 1.165) is 6.54 Å². The summed E-state index contributed by atoms with van der Waals surface area (Å²) in [6, 6.07) is 15.4. The first-order valence-corrected chi connectivity index (χ1v) is 8.12. The van der Waals surface area contributed by atoms with Crippen LogP contribution >= 0.6 is 0 Å². The second-order valence-electron chi connectivity index (χ2n) is 6.14. The molecule has 0 saturated heterocycles. The maximum absolute atomic E-state index is 11.8. The number of carbonyl (C=O) groups excluding carboxylic acids is 2. The zero-order valence-electron chi connectivity index (χ0n) is 14.7. The lowest BCUT2D eigenvalue weighted by Crippen LogP contribution is -2.35. The summed E-state index contributed by atoms with van der Waals surface area (Å²) in [5.74, 6) is -0.360. The predicted octanol–water partition coefficient (Wildman–Crippen LogP) is 3.41. The average molecular weight is 324 g/mol. The van der Waals surface area contributed by atoms with Gasteiger partial charge in [-0.05, 0) is 45.5 Å². The fourth-order valence-electron chi connectivity index (χ4n) is 2.59. The van der Waals surface area contributed by atoms with Crippen LogP contribution in [-0.2, 0) is 6.54 Å². The summed E-state index contributed by atoms with van der Waals surface area (Å²) in [4.78, 5) is 24.8. The van der Waals surface area contributed by atoms with E-state index in [9.17, 15) is 9.59 Å². The highest BCUT2D eigenvalue weighted by atomic mass is 16.2. The van der Waals surface area contributed by atoms with Gasteiger partial charge < -0.3 is 5.32 Å². The first-order chi connectivity index (χ1) is 11.5. The Bertz CT molecular complexity index is 686. The summed E-state index contributed by atoms with van der Waals surface area (Å²) >= 11 is 0. The van der Waals surface area contributed by atoms with Crippen molar-refractivity contribution in [1.29, 1.82) is 0 Å². The first kappa shape index (κ1) is 17.9. The molecule has 0 aromatic heterocycles. The maximum Gasteiger partial charge on any atom is 0.261 e. The molecule has 1 N–H and O–H groups in total. The highest BCUT2D eigenvalue weighted by molar-refractivity contribution is 6.21. The molecule has 0 saturated carbocycles. The zero-order chi connectivity index (χ0) is 17.7. The van der Waals surface area contributed by atoms with Crippen molar-refractivity contribution in [3.63, 3.8) is 0 Å². The Kier molecular flexibility index (Phi) is 5.88. The fourth-order valence-corrected chi connectivity index (χ4v) is 2.59. The fraction of sp³-hybridized carbons (Fsp3) is 0.300. The highest BCUT2D eigenvalue weighted by Gasteiger charge is 2.36. The number of nitrogens with zero attached hydrogens (tertiary/aromatic N) is 1. The molecule has 0 radical (unpaired) electrons. The van der Waals surface area contributed by atoms with Crippen LogP contribution in [0.1, 0.15) is 45.7 Å². The van der Waals surface area contributed by atoms with Gasteiger partial charge in [-0.15, -0.1) is 0 Å². The summed E-state index contributed by atoms with van der Waals surface area (Å²) < 4.78 is 0. The van der Waals surface area contributed by atoms with Crippen molar-refractivity contribution in [2.45, 2.75) is 33.4 Å². The van der Waals surface area contributed by atoms with Gasteiger partial charge >= 0.3 is 0 Å². The summed E-state index contributed by atoms with van der Waals surface area (Å²) in [5.41, 5.74) is 3.70. The molecular formula is C20H24N2O2. The Morgan fingerprint density at radius 1 is 0.917 bits per heavy atom. The summed E-state index contributed by atoms with van der Waals surface area (Å²) in [7, 11) is 1.96. The minimum Gasteiger partial charge on any atom is -0.316 e. The summed E-state index contributed by atoms with van der Waals surface area (Å²) in [6.07, 6.45) is 0. The van der Waals surface area contributed by atoms with Gasteiger partial charge in [0.1, 0.15) is 0 Å². The second-order valence-corrected chi connectivity index (χ2v) is 6.14. The van der Waals surface area contributed by atoms with Gasteiger partial charge in [-0.3, -0.25) is 14.5 Å². The number of carbonyl (C=O) groups is 2. The lowest BCUT2D eigenvalue weighted by molar-refractivity contribution is 0.0609. The molecule has 1 aliphatic rings. The van der Waals surface area contributed by atoms with E-state index in [1.807, 2.05) is 20.9 Å². The number of nitrogens with one attached hydrogen (secondary N) is 1. The van der Waals surface area contributed by atoms with Crippen molar-refractivity contribution in [2.24, 2.45) is 0 Å². The van der Waals surface area contributed by atoms with Crippen molar-refractivity contribution in [3.05, 3.63) is 70.8 Å². The van der Waals surface area contributed by atoms with Gasteiger partial charge in [0.2, 0.25) is 0 Å². The largest absolute Gasteiger partial charge is 0.316 e. The predicted molar refractivity (Wildman–Crippen MR) is 96.0 cm³/mol. The number of benzene rings is 2. The third-order valence-corrected chi connectivity index (χ3v) is 3.84. The number of fused-ring (bicyclic) bond motifs is 1. The average Bonchev–Trinajstić information content (AvgIpc) is 2.82. The number of hydrogen-bond donors (Lipinski definition) is 1. The van der Waals surface area contributed by atoms with Crippen LogP contribution in [0.2, 0.25) is 0 Å². The van der Waals surface area contributed by atoms with Crippen LogP contribution in [0, 0.1) is 6.92 Å². The number of rotatable bonds is 3. The van der Waals surface area contributed by atoms with Crippen molar-refractivity contribution in [2.75, 3.05) is 7.05 Å². The van der Waals surface area contributed by atoms with Crippen LogP contribution in [0.5, 0.6) is 0 Å². The van der Waals surface area contributed by atoms with Gasteiger partial charge in [0.25, 0.3) is 11.8 Å². The molecule has 2 aromatic carbocycles. The van der Waals surface area contributed by atoms with Crippen molar-refractivity contribution in [3.8, 4) is 0 Å². The number of hydrogen-bond acceptors (Lipinski definition) is 3. The van der Waals surface area contributed by atoms with Crippen LogP contribution in [0.15, 0.2) is 48.5 Å². The molecule has 3 rings (SSSR count). The Labute approximate surface area is 143 Å². The Morgan fingerprint density at radius 3 is 1.83 bits per heavy atom. The first-order valence-electron chi connectivity index (χ1n) is 8.12. The van der Waals surface area contributed by atoms with Crippen molar-refractivity contribution < 1.29 is 9.59 Å². The maximum atomic E-state index is 11.8. The van der Waals surface area contributed by atoms with E-state index in [1.54, 1.807) is 24.3 Å². The lowest BCUT2D eigenvalue weighted by Gasteiger charge is -2.17. The van der Waals surface area contributed by atoms with Gasteiger partial charge in [0, 0.05) is 12.6 Å². The molecule has 1 aliphatic heterocycles. The quantitative estimate of drug-likeness (QED) is 0.880. The number of aryl methyl sites for hydroxylation is 1. The lowest BCUT2D eigenvalue weighted by atomic mass is 10.1. The van der Waals surface area contributed by atoms with E-state index in [0.29, 0.717) is 11.1 Å². The molecule has 0 unspecified atom stereocenters. The minimum atomic E-state index is -0.180. The zero-order valence-corrected chi connectivity index (χ0v) is 14.7. The normalized spacial score (nSPS) is 13.0. The molecule has 2 amide bonds. The molecule has 4 nitrogen and oxygen atoms in total. The molecule has 0 spiro atoms. The van der Waals surface area contributed by atoms with E-state index < -0.39 is 0 Å². The van der Waals surface area contributed by atoms with E-state index in [2.05, 4.69) is 36.5 Å². The van der Waals surface area contributed by atoms with Crippen molar-refractivity contribution >= 4 is 11.8 Å². The number of imide groups is 1. The van der Waals surface area contributed by atoms with Gasteiger partial charge in [0.15, 0.2) is 0 Å². The molecule has 2 aromatic rings. The third kappa shape index (κ3) is 3.89. The van der Waals surface area contributed by atoms with E-state index in [1.165, 1.54) is 16.0 Å².